The zero-order valence-corrected chi connectivity index (χ0v) is 10.9. The van der Waals surface area contributed by atoms with E-state index in [0.717, 1.165) is 29.6 Å². The van der Waals surface area contributed by atoms with Gasteiger partial charge in [-0.15, -0.1) is 0 Å². The summed E-state index contributed by atoms with van der Waals surface area (Å²) in [6, 6.07) is 8.86. The van der Waals surface area contributed by atoms with Gasteiger partial charge in [0.25, 0.3) is 0 Å². The molecule has 1 aromatic heterocycles. The minimum absolute atomic E-state index is 0.440. The van der Waals surface area contributed by atoms with E-state index in [1.54, 1.807) is 6.26 Å². The fourth-order valence-electron chi connectivity index (χ4n) is 2.35. The molecule has 0 spiro atoms. The predicted octanol–water partition coefficient (Wildman–Crippen LogP) is 3.21. The number of hydrogen-bond acceptors (Lipinski definition) is 3. The van der Waals surface area contributed by atoms with Crippen molar-refractivity contribution in [3.8, 4) is 0 Å². The third kappa shape index (κ3) is 2.28. The fourth-order valence-corrected chi connectivity index (χ4v) is 2.76. The Morgan fingerprint density at radius 3 is 3.18 bits per heavy atom. The van der Waals surface area contributed by atoms with E-state index in [0.29, 0.717) is 6.04 Å². The normalized spacial score (nSPS) is 18.3. The van der Waals surface area contributed by atoms with Crippen LogP contribution in [0.25, 0.3) is 0 Å². The van der Waals surface area contributed by atoms with E-state index in [2.05, 4.69) is 44.6 Å². The number of benzene rings is 1. The van der Waals surface area contributed by atoms with Crippen LogP contribution in [0, 0.1) is 0 Å². The van der Waals surface area contributed by atoms with E-state index in [9.17, 15) is 0 Å². The van der Waals surface area contributed by atoms with Crippen LogP contribution in [0.5, 0.6) is 0 Å². The largest absolute Gasteiger partial charge is 0.364 e. The molecular formula is C13H13BrN2O. The molecule has 1 atom stereocenters. The van der Waals surface area contributed by atoms with Crippen molar-refractivity contribution in [1.29, 1.82) is 0 Å². The van der Waals surface area contributed by atoms with Crippen LogP contribution in [0.3, 0.4) is 0 Å². The van der Waals surface area contributed by atoms with Gasteiger partial charge in [-0.05, 0) is 36.1 Å². The van der Waals surface area contributed by atoms with Crippen LogP contribution in [-0.4, -0.2) is 5.16 Å². The van der Waals surface area contributed by atoms with Crippen LogP contribution in [0.4, 0.5) is 0 Å². The number of hydrogen-bond donors (Lipinski definition) is 1. The Morgan fingerprint density at radius 1 is 1.41 bits per heavy atom. The summed E-state index contributed by atoms with van der Waals surface area (Å²) in [4.78, 5) is 0. The summed E-state index contributed by atoms with van der Waals surface area (Å²) < 4.78 is 5.98. The molecule has 0 saturated heterocycles. The smallest absolute Gasteiger partial charge is 0.124 e. The number of fused-ring (bicyclic) bond motifs is 1. The number of halogens is 1. The maximum absolute atomic E-state index is 4.82. The van der Waals surface area contributed by atoms with Crippen molar-refractivity contribution in [2.24, 2.45) is 0 Å². The Labute approximate surface area is 108 Å². The van der Waals surface area contributed by atoms with Gasteiger partial charge < -0.3 is 9.84 Å². The van der Waals surface area contributed by atoms with Crippen molar-refractivity contribution in [3.63, 3.8) is 0 Å². The highest BCUT2D eigenvalue weighted by atomic mass is 79.9. The minimum Gasteiger partial charge on any atom is -0.364 e. The number of rotatable bonds is 3. The molecule has 0 aliphatic heterocycles. The van der Waals surface area contributed by atoms with Gasteiger partial charge in [0.2, 0.25) is 0 Å². The lowest BCUT2D eigenvalue weighted by Crippen LogP contribution is -2.18. The molecule has 0 fully saturated rings. The van der Waals surface area contributed by atoms with Gasteiger partial charge in [-0.1, -0.05) is 27.2 Å². The summed E-state index contributed by atoms with van der Waals surface area (Å²) in [5, 5.41) is 7.42. The van der Waals surface area contributed by atoms with Gasteiger partial charge in [0.1, 0.15) is 6.26 Å². The molecule has 3 nitrogen and oxygen atoms in total. The molecule has 17 heavy (non-hydrogen) atoms. The van der Waals surface area contributed by atoms with E-state index < -0.39 is 0 Å². The highest BCUT2D eigenvalue weighted by molar-refractivity contribution is 9.10. The lowest BCUT2D eigenvalue weighted by atomic mass is 10.1. The van der Waals surface area contributed by atoms with E-state index in [-0.39, 0.29) is 0 Å². The average Bonchev–Trinajstić information content (AvgIpc) is 2.94. The van der Waals surface area contributed by atoms with Gasteiger partial charge in [0, 0.05) is 23.1 Å². The molecule has 4 heteroatoms. The Balaban J connectivity index is 1.71. The van der Waals surface area contributed by atoms with Crippen molar-refractivity contribution >= 4 is 15.9 Å². The molecule has 1 aliphatic rings. The van der Waals surface area contributed by atoms with Crippen molar-refractivity contribution in [1.82, 2.24) is 10.5 Å². The van der Waals surface area contributed by atoms with E-state index in [1.165, 1.54) is 11.1 Å². The third-order valence-corrected chi connectivity index (χ3v) is 3.70. The molecule has 3 rings (SSSR count). The highest BCUT2D eigenvalue weighted by Gasteiger charge is 2.21. The Kier molecular flexibility index (Phi) is 2.99. The lowest BCUT2D eigenvalue weighted by Gasteiger charge is -2.12. The number of aromatic nitrogens is 1. The SMILES string of the molecule is Brc1ccc2c(c1)CCC2NCc1ccon1. The van der Waals surface area contributed by atoms with Crippen LogP contribution in [0.1, 0.15) is 29.3 Å². The molecule has 1 heterocycles. The first-order valence-corrected chi connectivity index (χ1v) is 6.53. The molecule has 2 aromatic rings. The van der Waals surface area contributed by atoms with E-state index >= 15 is 0 Å². The summed E-state index contributed by atoms with van der Waals surface area (Å²) >= 11 is 3.51. The Morgan fingerprint density at radius 2 is 2.35 bits per heavy atom. The molecule has 1 N–H and O–H groups in total. The zero-order chi connectivity index (χ0) is 11.7. The van der Waals surface area contributed by atoms with Gasteiger partial charge in [0.05, 0.1) is 5.69 Å². The molecule has 0 amide bonds. The number of aryl methyl sites for hydroxylation is 1. The summed E-state index contributed by atoms with van der Waals surface area (Å²) in [5.41, 5.74) is 3.81. The summed E-state index contributed by atoms with van der Waals surface area (Å²) in [7, 11) is 0. The van der Waals surface area contributed by atoms with Crippen molar-refractivity contribution in [2.75, 3.05) is 0 Å². The van der Waals surface area contributed by atoms with Crippen molar-refractivity contribution in [2.45, 2.75) is 25.4 Å². The highest BCUT2D eigenvalue weighted by Crippen LogP contribution is 2.32. The summed E-state index contributed by atoms with van der Waals surface area (Å²) in [6.45, 7) is 0.761. The minimum atomic E-state index is 0.440. The molecule has 0 radical (unpaired) electrons. The first-order chi connectivity index (χ1) is 8.33. The number of nitrogens with zero attached hydrogens (tertiary/aromatic N) is 1. The summed E-state index contributed by atoms with van der Waals surface area (Å²) in [6.07, 6.45) is 3.91. The molecule has 1 unspecified atom stereocenters. The first kappa shape index (κ1) is 11.0. The van der Waals surface area contributed by atoms with Gasteiger partial charge in [-0.3, -0.25) is 0 Å². The average molecular weight is 293 g/mol. The maximum atomic E-state index is 4.82. The standard InChI is InChI=1S/C13H13BrN2O/c14-10-2-3-12-9(7-10)1-4-13(12)15-8-11-5-6-17-16-11/h2-3,5-7,13,15H,1,4,8H2. The van der Waals surface area contributed by atoms with Gasteiger partial charge >= 0.3 is 0 Å². The van der Waals surface area contributed by atoms with Gasteiger partial charge in [-0.2, -0.15) is 0 Å². The monoisotopic (exact) mass is 292 g/mol. The molecule has 1 aromatic carbocycles. The summed E-state index contributed by atoms with van der Waals surface area (Å²) in [5.74, 6) is 0. The van der Waals surface area contributed by atoms with Crippen LogP contribution in [-0.2, 0) is 13.0 Å². The molecule has 0 bridgehead atoms. The van der Waals surface area contributed by atoms with Gasteiger partial charge in [0.15, 0.2) is 0 Å². The molecule has 88 valence electrons. The Bertz CT molecular complexity index is 510. The van der Waals surface area contributed by atoms with Crippen molar-refractivity contribution in [3.05, 3.63) is 51.8 Å². The van der Waals surface area contributed by atoms with Crippen molar-refractivity contribution < 1.29 is 4.52 Å². The first-order valence-electron chi connectivity index (χ1n) is 5.74. The molecular weight excluding hydrogens is 280 g/mol. The predicted molar refractivity (Wildman–Crippen MR) is 68.5 cm³/mol. The van der Waals surface area contributed by atoms with E-state index in [4.69, 9.17) is 4.52 Å². The van der Waals surface area contributed by atoms with Crippen LogP contribution < -0.4 is 5.32 Å². The molecule has 0 saturated carbocycles. The van der Waals surface area contributed by atoms with Crippen LogP contribution in [0.15, 0.2) is 39.5 Å². The molecule has 1 aliphatic carbocycles. The van der Waals surface area contributed by atoms with Crippen LogP contribution >= 0.6 is 15.9 Å². The third-order valence-electron chi connectivity index (χ3n) is 3.20. The lowest BCUT2D eigenvalue weighted by molar-refractivity contribution is 0.404. The second-order valence-corrected chi connectivity index (χ2v) is 5.22. The van der Waals surface area contributed by atoms with Crippen LogP contribution in [0.2, 0.25) is 0 Å². The van der Waals surface area contributed by atoms with Gasteiger partial charge in [-0.25, -0.2) is 0 Å². The topological polar surface area (TPSA) is 38.1 Å². The second kappa shape index (κ2) is 4.63. The Hall–Kier alpha value is -1.13. The number of nitrogens with one attached hydrogen (secondary N) is 1. The fraction of sp³-hybridized carbons (Fsp3) is 0.308. The van der Waals surface area contributed by atoms with E-state index in [1.807, 2.05) is 6.07 Å². The second-order valence-electron chi connectivity index (χ2n) is 4.31. The maximum Gasteiger partial charge on any atom is 0.124 e. The zero-order valence-electron chi connectivity index (χ0n) is 9.32. The quantitative estimate of drug-likeness (QED) is 0.944.